The topological polar surface area (TPSA) is 50.9 Å². The van der Waals surface area contributed by atoms with E-state index in [1.807, 2.05) is 18.2 Å². The van der Waals surface area contributed by atoms with Crippen molar-refractivity contribution in [1.29, 1.82) is 0 Å². The predicted octanol–water partition coefficient (Wildman–Crippen LogP) is 2.45. The maximum atomic E-state index is 10.1. The number of rotatable bonds is 3. The summed E-state index contributed by atoms with van der Waals surface area (Å²) >= 11 is 0. The first-order chi connectivity index (χ1) is 10.6. The highest BCUT2D eigenvalue weighted by molar-refractivity contribution is 6.08. The lowest BCUT2D eigenvalue weighted by molar-refractivity contribution is 0.477. The molecule has 1 fully saturated rings. The summed E-state index contributed by atoms with van der Waals surface area (Å²) in [7, 11) is 2.17. The van der Waals surface area contributed by atoms with E-state index in [1.54, 1.807) is 6.07 Å². The Morgan fingerprint density at radius 2 is 2.00 bits per heavy atom. The molecule has 4 rings (SSSR count). The van der Waals surface area contributed by atoms with Crippen LogP contribution in [0, 0.1) is 0 Å². The Labute approximate surface area is 130 Å². The summed E-state index contributed by atoms with van der Waals surface area (Å²) in [6, 6.07) is 11.5. The van der Waals surface area contributed by atoms with E-state index in [9.17, 15) is 5.11 Å². The van der Waals surface area contributed by atoms with Crippen molar-refractivity contribution in [2.45, 2.75) is 31.6 Å². The molecule has 0 saturated heterocycles. The Kier molecular flexibility index (Phi) is 2.80. The lowest BCUT2D eigenvalue weighted by Crippen LogP contribution is -2.15. The van der Waals surface area contributed by atoms with Crippen LogP contribution in [0.5, 0.6) is 5.75 Å². The molecule has 1 aromatic carbocycles. The number of benzene rings is 1. The van der Waals surface area contributed by atoms with Gasteiger partial charge in [0.05, 0.1) is 11.2 Å². The van der Waals surface area contributed by atoms with E-state index in [-0.39, 0.29) is 11.3 Å². The van der Waals surface area contributed by atoms with Gasteiger partial charge in [-0.15, -0.1) is 10.2 Å². The highest BCUT2D eigenvalue weighted by atomic mass is 16.3. The van der Waals surface area contributed by atoms with E-state index >= 15 is 0 Å². The van der Waals surface area contributed by atoms with Gasteiger partial charge in [0, 0.05) is 16.8 Å². The molecule has 0 aliphatic heterocycles. The minimum absolute atomic E-state index is 0.214. The van der Waals surface area contributed by atoms with E-state index in [0.717, 1.165) is 28.6 Å². The second-order valence-electron chi connectivity index (χ2n) is 6.34. The van der Waals surface area contributed by atoms with Crippen molar-refractivity contribution >= 4 is 18.9 Å². The van der Waals surface area contributed by atoms with E-state index in [4.69, 9.17) is 0 Å². The van der Waals surface area contributed by atoms with Gasteiger partial charge in [0.25, 0.3) is 0 Å². The first kappa shape index (κ1) is 13.4. The number of aromatic hydroxyl groups is 1. The van der Waals surface area contributed by atoms with Crippen molar-refractivity contribution in [2.75, 3.05) is 0 Å². The number of hydrogen-bond donors (Lipinski definition) is 1. The lowest BCUT2D eigenvalue weighted by atomic mass is 10.0. The monoisotopic (exact) mass is 291 g/mol. The molecule has 0 atom stereocenters. The number of phenols is 1. The van der Waals surface area contributed by atoms with Gasteiger partial charge in [-0.05, 0) is 50.4 Å². The second-order valence-corrected chi connectivity index (χ2v) is 6.34. The lowest BCUT2D eigenvalue weighted by Gasteiger charge is -2.17. The van der Waals surface area contributed by atoms with Crippen molar-refractivity contribution < 1.29 is 5.11 Å². The predicted molar refractivity (Wildman–Crippen MR) is 89.8 cm³/mol. The van der Waals surface area contributed by atoms with Crippen LogP contribution in [0.1, 0.15) is 25.5 Å². The van der Waals surface area contributed by atoms with Crippen molar-refractivity contribution in [2.24, 2.45) is 0 Å². The molecular formula is C17H18BN3O. The summed E-state index contributed by atoms with van der Waals surface area (Å²) in [5.41, 5.74) is 5.01. The molecule has 1 saturated carbocycles. The fraction of sp³-hybridized carbons (Fsp3) is 0.294. The van der Waals surface area contributed by atoms with E-state index in [0.29, 0.717) is 0 Å². The first-order valence-corrected chi connectivity index (χ1v) is 7.79. The maximum Gasteiger partial charge on any atom is 0.125 e. The highest BCUT2D eigenvalue weighted by Crippen LogP contribution is 2.46. The molecule has 4 nitrogen and oxygen atoms in total. The summed E-state index contributed by atoms with van der Waals surface area (Å²) in [6.45, 7) is 2.30. The first-order valence-electron chi connectivity index (χ1n) is 7.79. The summed E-state index contributed by atoms with van der Waals surface area (Å²) < 4.78 is 2.42. The van der Waals surface area contributed by atoms with Gasteiger partial charge < -0.3 is 9.67 Å². The molecule has 1 aliphatic rings. The Hall–Kier alpha value is -2.30. The molecule has 0 bridgehead atoms. The van der Waals surface area contributed by atoms with Crippen LogP contribution < -0.4 is 0 Å². The summed E-state index contributed by atoms with van der Waals surface area (Å²) in [5.74, 6) is 0.239. The zero-order valence-electron chi connectivity index (χ0n) is 12.9. The van der Waals surface area contributed by atoms with Gasteiger partial charge in [-0.25, -0.2) is 0 Å². The molecule has 3 aromatic rings. The summed E-state index contributed by atoms with van der Waals surface area (Å²) in [5, 5.41) is 18.7. The van der Waals surface area contributed by atoms with Gasteiger partial charge in [0.15, 0.2) is 0 Å². The van der Waals surface area contributed by atoms with Gasteiger partial charge in [-0.1, -0.05) is 12.1 Å². The van der Waals surface area contributed by atoms with E-state index in [1.165, 1.54) is 18.5 Å². The standard InChI is InChI=1S/C17H18BN3O/c1-17(6-7-17)21-11(10-18)8-14-15(21)9-13(19-20-14)12-4-2-3-5-16(12)22/h2-5,8-9,22H,6-7,10,18H2,1H3. The number of aromatic nitrogens is 3. The van der Waals surface area contributed by atoms with Crippen LogP contribution >= 0.6 is 0 Å². The molecule has 22 heavy (non-hydrogen) atoms. The third-order valence-electron chi connectivity index (χ3n) is 4.69. The molecule has 0 spiro atoms. The molecule has 2 heterocycles. The van der Waals surface area contributed by atoms with Gasteiger partial charge in [-0.2, -0.15) is 0 Å². The van der Waals surface area contributed by atoms with Gasteiger partial charge >= 0.3 is 0 Å². The molecule has 1 aliphatic carbocycles. The van der Waals surface area contributed by atoms with Crippen LogP contribution in [0.3, 0.4) is 0 Å². The smallest absolute Gasteiger partial charge is 0.125 e. The molecular weight excluding hydrogens is 273 g/mol. The molecule has 110 valence electrons. The third-order valence-corrected chi connectivity index (χ3v) is 4.69. The van der Waals surface area contributed by atoms with Crippen molar-refractivity contribution in [3.63, 3.8) is 0 Å². The Balaban J connectivity index is 1.96. The maximum absolute atomic E-state index is 10.1. The van der Waals surface area contributed by atoms with Crippen LogP contribution in [0.4, 0.5) is 0 Å². The summed E-state index contributed by atoms with van der Waals surface area (Å²) in [6.07, 6.45) is 3.40. The summed E-state index contributed by atoms with van der Waals surface area (Å²) in [4.78, 5) is 0. The van der Waals surface area contributed by atoms with E-state index in [2.05, 4.69) is 41.7 Å². The zero-order valence-corrected chi connectivity index (χ0v) is 12.9. The van der Waals surface area contributed by atoms with Crippen molar-refractivity contribution in [1.82, 2.24) is 14.8 Å². The number of nitrogens with zero attached hydrogens (tertiary/aromatic N) is 3. The molecule has 0 radical (unpaired) electrons. The molecule has 0 unspecified atom stereocenters. The number of fused-ring (bicyclic) bond motifs is 1. The largest absolute Gasteiger partial charge is 0.507 e. The SMILES string of the molecule is BCc1cc2nnc(-c3ccccc3O)cc2n1C1(C)CC1. The van der Waals surface area contributed by atoms with Gasteiger partial charge in [0.1, 0.15) is 19.1 Å². The number of para-hydroxylation sites is 1. The quantitative estimate of drug-likeness (QED) is 0.754. The highest BCUT2D eigenvalue weighted by Gasteiger charge is 2.41. The van der Waals surface area contributed by atoms with Crippen LogP contribution in [0.15, 0.2) is 36.4 Å². The minimum Gasteiger partial charge on any atom is -0.507 e. The minimum atomic E-state index is 0.214. The Morgan fingerprint density at radius 3 is 2.68 bits per heavy atom. The van der Waals surface area contributed by atoms with Crippen LogP contribution in [0.2, 0.25) is 0 Å². The zero-order chi connectivity index (χ0) is 15.3. The Morgan fingerprint density at radius 1 is 1.23 bits per heavy atom. The molecule has 5 heteroatoms. The average Bonchev–Trinajstić information content (AvgIpc) is 3.14. The van der Waals surface area contributed by atoms with Crippen LogP contribution in [-0.2, 0) is 11.9 Å². The molecule has 2 aromatic heterocycles. The van der Waals surface area contributed by atoms with Crippen molar-refractivity contribution in [3.8, 4) is 17.0 Å². The second kappa shape index (κ2) is 4.60. The third kappa shape index (κ3) is 1.92. The van der Waals surface area contributed by atoms with Gasteiger partial charge in [-0.3, -0.25) is 0 Å². The van der Waals surface area contributed by atoms with Crippen LogP contribution in [-0.4, -0.2) is 27.7 Å². The van der Waals surface area contributed by atoms with Crippen molar-refractivity contribution in [3.05, 3.63) is 42.1 Å². The van der Waals surface area contributed by atoms with E-state index < -0.39 is 0 Å². The average molecular weight is 291 g/mol. The normalized spacial score (nSPS) is 16.0. The Bertz CT molecular complexity index is 867. The fourth-order valence-electron chi connectivity index (χ4n) is 3.17. The molecule has 1 N–H and O–H groups in total. The fourth-order valence-corrected chi connectivity index (χ4v) is 3.17. The van der Waals surface area contributed by atoms with Crippen LogP contribution in [0.25, 0.3) is 22.3 Å². The molecule has 0 amide bonds. The number of phenolic OH excluding ortho intramolecular Hbond substituents is 1. The number of hydrogen-bond acceptors (Lipinski definition) is 3. The van der Waals surface area contributed by atoms with Gasteiger partial charge in [0.2, 0.25) is 0 Å².